The minimum Gasteiger partial charge on any atom is -0.497 e. The molecular formula is C21H22O5. The van der Waals surface area contributed by atoms with Gasteiger partial charge in [0.1, 0.15) is 5.75 Å². The minimum absolute atomic E-state index is 0.516. The van der Waals surface area contributed by atoms with Gasteiger partial charge in [-0.1, -0.05) is 54.6 Å². The summed E-state index contributed by atoms with van der Waals surface area (Å²) in [4.78, 5) is 24.5. The van der Waals surface area contributed by atoms with E-state index in [0.29, 0.717) is 0 Å². The summed E-state index contributed by atoms with van der Waals surface area (Å²) in [6.45, 7) is 0. The summed E-state index contributed by atoms with van der Waals surface area (Å²) in [5.41, 5.74) is 1.73. The van der Waals surface area contributed by atoms with Gasteiger partial charge in [-0.3, -0.25) is 9.59 Å². The van der Waals surface area contributed by atoms with Crippen LogP contribution in [0.1, 0.15) is 17.0 Å². The molecule has 5 heteroatoms. The van der Waals surface area contributed by atoms with Gasteiger partial charge in [0.2, 0.25) is 0 Å². The van der Waals surface area contributed by atoms with E-state index in [4.69, 9.17) is 14.2 Å². The van der Waals surface area contributed by atoms with Crippen molar-refractivity contribution in [1.29, 1.82) is 0 Å². The average molecular weight is 354 g/mol. The minimum atomic E-state index is -1.08. The third kappa shape index (κ3) is 4.72. The molecule has 0 fully saturated rings. The molecule has 0 aliphatic carbocycles. The summed E-state index contributed by atoms with van der Waals surface area (Å²) >= 11 is 0. The third-order valence-electron chi connectivity index (χ3n) is 4.07. The molecule has 136 valence electrons. The van der Waals surface area contributed by atoms with E-state index in [0.717, 1.165) is 16.9 Å². The predicted molar refractivity (Wildman–Crippen MR) is 98.7 cm³/mol. The van der Waals surface area contributed by atoms with Crippen molar-refractivity contribution < 1.29 is 23.8 Å². The van der Waals surface area contributed by atoms with Crippen LogP contribution < -0.4 is 4.74 Å². The lowest BCUT2D eigenvalue weighted by Crippen LogP contribution is -2.31. The Balaban J connectivity index is 2.40. The Labute approximate surface area is 153 Å². The van der Waals surface area contributed by atoms with Gasteiger partial charge in [0, 0.05) is 5.92 Å². The van der Waals surface area contributed by atoms with Crippen molar-refractivity contribution in [3.8, 4) is 5.75 Å². The molecular weight excluding hydrogens is 332 g/mol. The Kier molecular flexibility index (Phi) is 6.97. The Morgan fingerprint density at radius 3 is 1.92 bits per heavy atom. The zero-order valence-electron chi connectivity index (χ0n) is 15.0. The van der Waals surface area contributed by atoms with E-state index < -0.39 is 23.8 Å². The normalized spacial score (nSPS) is 12.0. The highest BCUT2D eigenvalue weighted by Gasteiger charge is 2.36. The van der Waals surface area contributed by atoms with Gasteiger partial charge in [0.15, 0.2) is 5.92 Å². The fourth-order valence-corrected chi connectivity index (χ4v) is 2.66. The van der Waals surface area contributed by atoms with E-state index in [2.05, 4.69) is 0 Å². The van der Waals surface area contributed by atoms with Crippen molar-refractivity contribution >= 4 is 18.0 Å². The first-order chi connectivity index (χ1) is 12.6. The molecule has 0 aliphatic heterocycles. The van der Waals surface area contributed by atoms with Crippen molar-refractivity contribution in [2.45, 2.75) is 5.92 Å². The highest BCUT2D eigenvalue weighted by Crippen LogP contribution is 2.29. The smallest absolute Gasteiger partial charge is 0.321 e. The van der Waals surface area contributed by atoms with Gasteiger partial charge in [0.25, 0.3) is 0 Å². The Bertz CT molecular complexity index is 734. The first-order valence-corrected chi connectivity index (χ1v) is 8.13. The van der Waals surface area contributed by atoms with Crippen LogP contribution >= 0.6 is 0 Å². The molecule has 0 spiro atoms. The largest absolute Gasteiger partial charge is 0.497 e. The first-order valence-electron chi connectivity index (χ1n) is 8.13. The van der Waals surface area contributed by atoms with Crippen LogP contribution in [0.2, 0.25) is 0 Å². The maximum absolute atomic E-state index is 12.2. The lowest BCUT2D eigenvalue weighted by atomic mass is 9.85. The summed E-state index contributed by atoms with van der Waals surface area (Å²) in [6, 6.07) is 16.8. The van der Waals surface area contributed by atoms with Crippen molar-refractivity contribution in [2.75, 3.05) is 21.3 Å². The van der Waals surface area contributed by atoms with E-state index >= 15 is 0 Å². The number of carbonyl (C=O) groups excluding carboxylic acids is 2. The molecule has 0 saturated carbocycles. The molecule has 2 rings (SSSR count). The molecule has 2 aromatic carbocycles. The van der Waals surface area contributed by atoms with Crippen LogP contribution in [0.4, 0.5) is 0 Å². The number of rotatable bonds is 7. The van der Waals surface area contributed by atoms with Crippen molar-refractivity contribution in [1.82, 2.24) is 0 Å². The molecule has 5 nitrogen and oxygen atoms in total. The maximum Gasteiger partial charge on any atom is 0.321 e. The molecule has 0 bridgehead atoms. The zero-order valence-corrected chi connectivity index (χ0v) is 15.0. The maximum atomic E-state index is 12.2. The summed E-state index contributed by atoms with van der Waals surface area (Å²) in [5, 5.41) is 0. The number of esters is 2. The summed E-state index contributed by atoms with van der Waals surface area (Å²) < 4.78 is 14.8. The van der Waals surface area contributed by atoms with Gasteiger partial charge >= 0.3 is 11.9 Å². The SMILES string of the molecule is COC(=O)C(C(=O)OC)[C@@H](/C=C/c1ccc(OC)cc1)c1ccccc1. The van der Waals surface area contributed by atoms with Crippen LogP contribution in [0.25, 0.3) is 6.08 Å². The molecule has 0 N–H and O–H groups in total. The zero-order chi connectivity index (χ0) is 18.9. The molecule has 0 heterocycles. The second kappa shape index (κ2) is 9.42. The monoisotopic (exact) mass is 354 g/mol. The van der Waals surface area contributed by atoms with Crippen molar-refractivity contribution in [3.05, 3.63) is 71.8 Å². The molecule has 1 atom stereocenters. The van der Waals surface area contributed by atoms with Crippen LogP contribution in [0.5, 0.6) is 5.75 Å². The second-order valence-corrected chi connectivity index (χ2v) is 5.59. The van der Waals surface area contributed by atoms with Gasteiger partial charge in [-0.25, -0.2) is 0 Å². The van der Waals surface area contributed by atoms with E-state index in [9.17, 15) is 9.59 Å². The molecule has 0 saturated heterocycles. The molecule has 0 aliphatic rings. The summed E-state index contributed by atoms with van der Waals surface area (Å²) in [7, 11) is 4.12. The van der Waals surface area contributed by atoms with Crippen LogP contribution in [-0.2, 0) is 19.1 Å². The van der Waals surface area contributed by atoms with Gasteiger partial charge in [0.05, 0.1) is 21.3 Å². The number of carbonyl (C=O) groups is 2. The average Bonchev–Trinajstić information content (AvgIpc) is 2.71. The number of ether oxygens (including phenoxy) is 3. The summed E-state index contributed by atoms with van der Waals surface area (Å²) in [5.74, 6) is -2.11. The Morgan fingerprint density at radius 1 is 0.846 bits per heavy atom. The van der Waals surface area contributed by atoms with Crippen molar-refractivity contribution in [3.63, 3.8) is 0 Å². The van der Waals surface area contributed by atoms with Crippen LogP contribution in [-0.4, -0.2) is 33.3 Å². The van der Waals surface area contributed by atoms with E-state index in [1.165, 1.54) is 14.2 Å². The second-order valence-electron chi connectivity index (χ2n) is 5.59. The van der Waals surface area contributed by atoms with E-state index in [1.54, 1.807) is 7.11 Å². The van der Waals surface area contributed by atoms with Gasteiger partial charge in [-0.2, -0.15) is 0 Å². The summed E-state index contributed by atoms with van der Waals surface area (Å²) in [6.07, 6.45) is 3.67. The molecule has 0 aromatic heterocycles. The number of hydrogen-bond donors (Lipinski definition) is 0. The third-order valence-corrected chi connectivity index (χ3v) is 4.07. The number of benzene rings is 2. The van der Waals surface area contributed by atoms with Crippen molar-refractivity contribution in [2.24, 2.45) is 5.92 Å². The number of methoxy groups -OCH3 is 3. The topological polar surface area (TPSA) is 61.8 Å². The van der Waals surface area contributed by atoms with Crippen LogP contribution in [0.3, 0.4) is 0 Å². The van der Waals surface area contributed by atoms with Crippen LogP contribution in [0, 0.1) is 5.92 Å². The fourth-order valence-electron chi connectivity index (χ4n) is 2.66. The van der Waals surface area contributed by atoms with E-state index in [1.807, 2.05) is 66.7 Å². The van der Waals surface area contributed by atoms with Gasteiger partial charge in [-0.15, -0.1) is 0 Å². The van der Waals surface area contributed by atoms with E-state index in [-0.39, 0.29) is 0 Å². The molecule has 2 aromatic rings. The van der Waals surface area contributed by atoms with Gasteiger partial charge in [-0.05, 0) is 23.3 Å². The highest BCUT2D eigenvalue weighted by molar-refractivity contribution is 5.96. The molecule has 26 heavy (non-hydrogen) atoms. The Hall–Kier alpha value is -3.08. The fraction of sp³-hybridized carbons (Fsp3) is 0.238. The van der Waals surface area contributed by atoms with Crippen LogP contribution in [0.15, 0.2) is 60.7 Å². The molecule has 0 radical (unpaired) electrons. The molecule has 0 amide bonds. The Morgan fingerprint density at radius 2 is 1.42 bits per heavy atom. The molecule has 0 unspecified atom stereocenters. The highest BCUT2D eigenvalue weighted by atomic mass is 16.5. The first kappa shape index (κ1) is 19.2. The quantitative estimate of drug-likeness (QED) is 0.563. The predicted octanol–water partition coefficient (Wildman–Crippen LogP) is 3.45. The van der Waals surface area contributed by atoms with Gasteiger partial charge < -0.3 is 14.2 Å². The number of allylic oxidation sites excluding steroid dienone is 1. The standard InChI is InChI=1S/C21H22O5/c1-24-17-12-9-15(10-13-17)11-14-18(16-7-5-4-6-8-16)19(20(22)25-2)21(23)26-3/h4-14,18-19H,1-3H3/b14-11+/t18-/m0/s1. The number of hydrogen-bond acceptors (Lipinski definition) is 5. The lowest BCUT2D eigenvalue weighted by Gasteiger charge is -2.21. The lowest BCUT2D eigenvalue weighted by molar-refractivity contribution is -0.159.